The standard InChI is InChI=1S/C35H38F4O2/c1-3-5-7-23-41-31-21-20-30(34(38)35(31)39)25-11-8-24(9-12-25)10-13-27-16-19-29(33(37)32(27)36)26-14-17-28(18-15-26)40-22-6-4-2/h3,8-13,16,19-21,26,28H,1,4-7,14-15,17-18,22-23H2,2H3/b13-10+. The van der Waals surface area contributed by atoms with Crippen LogP contribution in [0.4, 0.5) is 17.6 Å². The molecule has 0 radical (unpaired) electrons. The third-order valence-corrected chi connectivity index (χ3v) is 7.64. The van der Waals surface area contributed by atoms with Crippen LogP contribution in [0.1, 0.15) is 80.9 Å². The minimum absolute atomic E-state index is 0.00998. The van der Waals surface area contributed by atoms with Crippen LogP contribution in [0.25, 0.3) is 23.3 Å². The third kappa shape index (κ3) is 7.88. The van der Waals surface area contributed by atoms with E-state index in [0.29, 0.717) is 23.1 Å². The van der Waals surface area contributed by atoms with Gasteiger partial charge in [-0.1, -0.05) is 68.0 Å². The van der Waals surface area contributed by atoms with Crippen molar-refractivity contribution in [3.05, 3.63) is 101 Å². The van der Waals surface area contributed by atoms with Crippen molar-refractivity contribution in [1.29, 1.82) is 0 Å². The molecule has 1 aliphatic rings. The van der Waals surface area contributed by atoms with Gasteiger partial charge in [-0.25, -0.2) is 13.2 Å². The Balaban J connectivity index is 1.39. The molecule has 2 nitrogen and oxygen atoms in total. The lowest BCUT2D eigenvalue weighted by molar-refractivity contribution is 0.0230. The maximum Gasteiger partial charge on any atom is 0.201 e. The second kappa shape index (κ2) is 15.0. The van der Waals surface area contributed by atoms with Gasteiger partial charge in [0.2, 0.25) is 5.82 Å². The molecule has 1 aliphatic carbocycles. The number of benzene rings is 3. The highest BCUT2D eigenvalue weighted by molar-refractivity contribution is 5.73. The summed E-state index contributed by atoms with van der Waals surface area (Å²) in [5, 5.41) is 0. The van der Waals surface area contributed by atoms with Crippen LogP contribution in [0, 0.1) is 23.3 Å². The molecular formula is C35H38F4O2. The largest absolute Gasteiger partial charge is 0.490 e. The zero-order chi connectivity index (χ0) is 29.2. The molecule has 0 bridgehead atoms. The number of hydrogen-bond donors (Lipinski definition) is 0. The van der Waals surface area contributed by atoms with Crippen LogP contribution in [0.15, 0.2) is 61.2 Å². The molecule has 0 aliphatic heterocycles. The van der Waals surface area contributed by atoms with Gasteiger partial charge in [0.05, 0.1) is 12.7 Å². The average molecular weight is 567 g/mol. The normalized spacial score (nSPS) is 17.2. The quantitative estimate of drug-likeness (QED) is 0.0887. The first-order valence-electron chi connectivity index (χ1n) is 14.5. The van der Waals surface area contributed by atoms with Crippen molar-refractivity contribution in [3.63, 3.8) is 0 Å². The van der Waals surface area contributed by atoms with Gasteiger partial charge in [0, 0.05) is 17.7 Å². The molecular weight excluding hydrogens is 528 g/mol. The van der Waals surface area contributed by atoms with Crippen molar-refractivity contribution in [2.24, 2.45) is 0 Å². The van der Waals surface area contributed by atoms with Gasteiger partial charge in [-0.3, -0.25) is 0 Å². The Hall–Kier alpha value is -3.38. The zero-order valence-electron chi connectivity index (χ0n) is 23.6. The molecule has 41 heavy (non-hydrogen) atoms. The van der Waals surface area contributed by atoms with E-state index >= 15 is 4.39 Å². The van der Waals surface area contributed by atoms with Crippen LogP contribution in [-0.2, 0) is 4.74 Å². The molecule has 6 heteroatoms. The van der Waals surface area contributed by atoms with Gasteiger partial charge in [-0.2, -0.15) is 4.39 Å². The average Bonchev–Trinajstić information content (AvgIpc) is 2.99. The van der Waals surface area contributed by atoms with E-state index in [1.807, 2.05) is 0 Å². The van der Waals surface area contributed by atoms with E-state index in [2.05, 4.69) is 13.5 Å². The predicted octanol–water partition coefficient (Wildman–Crippen LogP) is 10.3. The maximum absolute atomic E-state index is 15.0. The van der Waals surface area contributed by atoms with Crippen molar-refractivity contribution in [2.75, 3.05) is 13.2 Å². The van der Waals surface area contributed by atoms with E-state index in [1.165, 1.54) is 18.2 Å². The van der Waals surface area contributed by atoms with Gasteiger partial charge >= 0.3 is 0 Å². The molecule has 4 rings (SSSR count). The minimum atomic E-state index is -1.03. The lowest BCUT2D eigenvalue weighted by Crippen LogP contribution is -2.22. The molecule has 0 heterocycles. The van der Waals surface area contributed by atoms with Crippen LogP contribution in [0.2, 0.25) is 0 Å². The molecule has 0 spiro atoms. The fraction of sp³-hybridized carbons (Fsp3) is 0.371. The Bertz CT molecular complexity index is 1320. The van der Waals surface area contributed by atoms with Crippen LogP contribution < -0.4 is 4.74 Å². The van der Waals surface area contributed by atoms with E-state index < -0.39 is 23.3 Å². The highest BCUT2D eigenvalue weighted by Gasteiger charge is 2.26. The molecule has 0 amide bonds. The van der Waals surface area contributed by atoms with Gasteiger partial charge < -0.3 is 9.47 Å². The number of ether oxygens (including phenoxy) is 2. The summed E-state index contributed by atoms with van der Waals surface area (Å²) >= 11 is 0. The highest BCUT2D eigenvalue weighted by Crippen LogP contribution is 2.37. The van der Waals surface area contributed by atoms with Gasteiger partial charge in [0.1, 0.15) is 0 Å². The number of rotatable bonds is 13. The monoisotopic (exact) mass is 566 g/mol. The van der Waals surface area contributed by atoms with Crippen LogP contribution in [0.3, 0.4) is 0 Å². The predicted molar refractivity (Wildman–Crippen MR) is 158 cm³/mol. The van der Waals surface area contributed by atoms with E-state index in [0.717, 1.165) is 51.6 Å². The minimum Gasteiger partial charge on any atom is -0.490 e. The highest BCUT2D eigenvalue weighted by atomic mass is 19.2. The van der Waals surface area contributed by atoms with Crippen LogP contribution in [-0.4, -0.2) is 19.3 Å². The summed E-state index contributed by atoms with van der Waals surface area (Å²) in [6.45, 7) is 6.78. The Kier molecular flexibility index (Phi) is 11.2. The molecule has 218 valence electrons. The molecule has 3 aromatic carbocycles. The van der Waals surface area contributed by atoms with E-state index in [9.17, 15) is 13.2 Å². The first-order chi connectivity index (χ1) is 19.9. The summed E-state index contributed by atoms with van der Waals surface area (Å²) in [6.07, 6.45) is 11.9. The Morgan fingerprint density at radius 2 is 1.54 bits per heavy atom. The van der Waals surface area contributed by atoms with Crippen molar-refractivity contribution in [1.82, 2.24) is 0 Å². The Labute approximate surface area is 240 Å². The van der Waals surface area contributed by atoms with Gasteiger partial charge in [-0.15, -0.1) is 6.58 Å². The summed E-state index contributed by atoms with van der Waals surface area (Å²) < 4.78 is 70.6. The molecule has 1 saturated carbocycles. The topological polar surface area (TPSA) is 18.5 Å². The number of hydrogen-bond acceptors (Lipinski definition) is 2. The number of allylic oxidation sites excluding steroid dienone is 1. The summed E-state index contributed by atoms with van der Waals surface area (Å²) in [7, 11) is 0. The van der Waals surface area contributed by atoms with Gasteiger partial charge in [-0.05, 0) is 79.7 Å². The van der Waals surface area contributed by atoms with Gasteiger partial charge in [0.25, 0.3) is 0 Å². The van der Waals surface area contributed by atoms with E-state index in [-0.39, 0.29) is 35.5 Å². The van der Waals surface area contributed by atoms with Crippen molar-refractivity contribution in [2.45, 2.75) is 70.3 Å². The summed E-state index contributed by atoms with van der Waals surface area (Å²) in [6, 6.07) is 12.9. The molecule has 0 N–H and O–H groups in total. The third-order valence-electron chi connectivity index (χ3n) is 7.64. The molecule has 0 saturated heterocycles. The fourth-order valence-electron chi connectivity index (χ4n) is 5.19. The maximum atomic E-state index is 15.0. The molecule has 0 unspecified atom stereocenters. The van der Waals surface area contributed by atoms with Gasteiger partial charge in [0.15, 0.2) is 23.2 Å². The van der Waals surface area contributed by atoms with E-state index in [4.69, 9.17) is 9.47 Å². The van der Waals surface area contributed by atoms with Crippen molar-refractivity contribution < 1.29 is 27.0 Å². The number of unbranched alkanes of at least 4 members (excludes halogenated alkanes) is 2. The molecule has 0 atom stereocenters. The zero-order valence-corrected chi connectivity index (χ0v) is 23.6. The first-order valence-corrected chi connectivity index (χ1v) is 14.5. The van der Waals surface area contributed by atoms with Crippen LogP contribution >= 0.6 is 0 Å². The fourth-order valence-corrected chi connectivity index (χ4v) is 5.19. The Morgan fingerprint density at radius 3 is 2.24 bits per heavy atom. The second-order valence-corrected chi connectivity index (χ2v) is 10.5. The summed E-state index contributed by atoms with van der Waals surface area (Å²) in [4.78, 5) is 0. The Morgan fingerprint density at radius 1 is 0.780 bits per heavy atom. The lowest BCUT2D eigenvalue weighted by Gasteiger charge is -2.29. The van der Waals surface area contributed by atoms with Crippen molar-refractivity contribution >= 4 is 12.2 Å². The second-order valence-electron chi connectivity index (χ2n) is 10.5. The van der Waals surface area contributed by atoms with Crippen molar-refractivity contribution in [3.8, 4) is 16.9 Å². The molecule has 1 fully saturated rings. The first kappa shape index (κ1) is 30.6. The smallest absolute Gasteiger partial charge is 0.201 e. The number of halogens is 4. The molecule has 0 aromatic heterocycles. The summed E-state index contributed by atoms with van der Waals surface area (Å²) in [5.74, 6) is -3.79. The summed E-state index contributed by atoms with van der Waals surface area (Å²) in [5.41, 5.74) is 1.90. The SMILES string of the molecule is C=CCCCOc1ccc(-c2ccc(/C=C/c3ccc(C4CCC(OCCCC)CC4)c(F)c3F)cc2)c(F)c1F. The van der Waals surface area contributed by atoms with Crippen LogP contribution in [0.5, 0.6) is 5.75 Å². The lowest BCUT2D eigenvalue weighted by atomic mass is 9.82. The van der Waals surface area contributed by atoms with E-state index in [1.54, 1.807) is 48.6 Å². The molecule has 3 aromatic rings.